The van der Waals surface area contributed by atoms with Gasteiger partial charge in [-0.05, 0) is 65.9 Å². The molecule has 1 unspecified atom stereocenters. The lowest BCUT2D eigenvalue weighted by Gasteiger charge is -2.14. The molecule has 27 heavy (non-hydrogen) atoms. The number of hydrogen-bond acceptors (Lipinski definition) is 5. The third-order valence-corrected chi connectivity index (χ3v) is 5.31. The highest BCUT2D eigenvalue weighted by atomic mass is 32.1. The Morgan fingerprint density at radius 1 is 1.11 bits per heavy atom. The number of nitrogens with zero attached hydrogens (tertiary/aromatic N) is 2. The molecule has 7 heteroatoms. The molecule has 0 bridgehead atoms. The lowest BCUT2D eigenvalue weighted by atomic mass is 9.98. The molecule has 0 radical (unpaired) electrons. The summed E-state index contributed by atoms with van der Waals surface area (Å²) in [6.07, 6.45) is 0.934. The van der Waals surface area contributed by atoms with E-state index in [2.05, 4.69) is 10.2 Å². The highest BCUT2D eigenvalue weighted by Gasteiger charge is 2.22. The zero-order chi connectivity index (χ0) is 19.3. The number of hydrogen-bond donors (Lipinski definition) is 4. The molecule has 0 saturated carbocycles. The van der Waals surface area contributed by atoms with Gasteiger partial charge in [0.15, 0.2) is 10.6 Å². The van der Waals surface area contributed by atoms with Gasteiger partial charge in [0, 0.05) is 6.07 Å². The van der Waals surface area contributed by atoms with Crippen LogP contribution in [0.15, 0.2) is 30.3 Å². The number of H-pyrrole nitrogens is 1. The number of phenolic OH excluding ortho intramolecular Hbond substituents is 2. The lowest BCUT2D eigenvalue weighted by molar-refractivity contribution is 0.187. The van der Waals surface area contributed by atoms with E-state index >= 15 is 0 Å². The first-order valence-electron chi connectivity index (χ1n) is 8.89. The molecule has 0 saturated heterocycles. The summed E-state index contributed by atoms with van der Waals surface area (Å²) in [6.45, 7) is 3.94. The fourth-order valence-corrected chi connectivity index (χ4v) is 3.91. The second-order valence-electron chi connectivity index (χ2n) is 7.29. The molecule has 1 atom stereocenters. The molecule has 0 fully saturated rings. The topological polar surface area (TPSA) is 94.3 Å². The van der Waals surface area contributed by atoms with Crippen LogP contribution in [0.2, 0.25) is 0 Å². The Morgan fingerprint density at radius 2 is 1.85 bits per heavy atom. The number of aliphatic hydroxyl groups is 1. The van der Waals surface area contributed by atoms with Gasteiger partial charge in [-0.1, -0.05) is 19.9 Å². The second-order valence-corrected chi connectivity index (χ2v) is 7.67. The lowest BCUT2D eigenvalue weighted by Crippen LogP contribution is -2.03. The van der Waals surface area contributed by atoms with Gasteiger partial charge in [-0.3, -0.25) is 9.67 Å². The van der Waals surface area contributed by atoms with E-state index in [4.69, 9.17) is 12.2 Å². The van der Waals surface area contributed by atoms with E-state index in [9.17, 15) is 15.3 Å². The molecule has 0 spiro atoms. The van der Waals surface area contributed by atoms with Gasteiger partial charge in [-0.15, -0.1) is 0 Å². The van der Waals surface area contributed by atoms with Crippen molar-refractivity contribution in [3.63, 3.8) is 0 Å². The van der Waals surface area contributed by atoms with Crippen LogP contribution in [0.1, 0.15) is 36.5 Å². The van der Waals surface area contributed by atoms with E-state index in [-0.39, 0.29) is 23.5 Å². The maximum atomic E-state index is 10.4. The van der Waals surface area contributed by atoms with Crippen LogP contribution in [-0.2, 0) is 12.8 Å². The van der Waals surface area contributed by atoms with Crippen LogP contribution in [0.4, 0.5) is 0 Å². The minimum absolute atomic E-state index is 0.0541. The van der Waals surface area contributed by atoms with Crippen LogP contribution in [0, 0.1) is 4.77 Å². The first kappa shape index (κ1) is 17.8. The number of aromatic hydroxyl groups is 2. The fourth-order valence-electron chi connectivity index (χ4n) is 3.67. The van der Waals surface area contributed by atoms with E-state index < -0.39 is 0 Å². The molecule has 1 aliphatic rings. The first-order chi connectivity index (χ1) is 12.8. The van der Waals surface area contributed by atoms with Crippen molar-refractivity contribution in [1.82, 2.24) is 14.8 Å². The van der Waals surface area contributed by atoms with Crippen LogP contribution in [-0.4, -0.2) is 36.2 Å². The Hall–Kier alpha value is -2.64. The Morgan fingerprint density at radius 3 is 2.59 bits per heavy atom. The maximum Gasteiger partial charge on any atom is 0.200 e. The van der Waals surface area contributed by atoms with Gasteiger partial charge in [-0.2, -0.15) is 5.10 Å². The summed E-state index contributed by atoms with van der Waals surface area (Å²) >= 11 is 5.42. The Labute approximate surface area is 161 Å². The van der Waals surface area contributed by atoms with Crippen LogP contribution in [0.25, 0.3) is 17.1 Å². The first-order valence-corrected chi connectivity index (χ1v) is 9.30. The minimum atomic E-state index is -0.346. The van der Waals surface area contributed by atoms with Gasteiger partial charge < -0.3 is 15.3 Å². The predicted octanol–water partition coefficient (Wildman–Crippen LogP) is 3.59. The largest absolute Gasteiger partial charge is 0.508 e. The zero-order valence-corrected chi connectivity index (χ0v) is 15.9. The number of aromatic nitrogens is 3. The number of phenols is 2. The van der Waals surface area contributed by atoms with E-state index in [0.29, 0.717) is 29.0 Å². The van der Waals surface area contributed by atoms with E-state index in [1.165, 1.54) is 6.07 Å². The molecule has 6 nitrogen and oxygen atoms in total. The number of aliphatic hydroxyl groups excluding tert-OH is 1. The average molecular weight is 383 g/mol. The summed E-state index contributed by atoms with van der Waals surface area (Å²) in [5.41, 5.74) is 4.25. The molecular weight excluding hydrogens is 362 g/mol. The summed E-state index contributed by atoms with van der Waals surface area (Å²) in [5, 5.41) is 37.6. The standard InChI is InChI=1S/C20H21N3O3S/c1-10(2)15-8-16(18(26)9-17(15)25)19-21-22-20(27)23(19)13-4-3-11-6-14(24)7-12(11)5-13/h3-5,8-10,14,24-26H,6-7H2,1-2H3,(H,22,27). The second kappa shape index (κ2) is 6.51. The molecular formula is C20H21N3O3S. The molecule has 1 heterocycles. The SMILES string of the molecule is CC(C)c1cc(-c2n[nH]c(=S)n2-c2ccc3c(c2)CC(O)C3)c(O)cc1O. The maximum absolute atomic E-state index is 10.4. The fraction of sp³-hybridized carbons (Fsp3) is 0.300. The van der Waals surface area contributed by atoms with Crippen LogP contribution >= 0.6 is 12.2 Å². The van der Waals surface area contributed by atoms with Crippen LogP contribution in [0.3, 0.4) is 0 Å². The van der Waals surface area contributed by atoms with Crippen LogP contribution < -0.4 is 0 Å². The van der Waals surface area contributed by atoms with E-state index in [1.54, 1.807) is 10.6 Å². The molecule has 4 rings (SSSR count). The minimum Gasteiger partial charge on any atom is -0.508 e. The molecule has 3 aromatic rings. The van der Waals surface area contributed by atoms with Crippen molar-refractivity contribution in [2.24, 2.45) is 0 Å². The van der Waals surface area contributed by atoms with Crippen molar-refractivity contribution in [2.75, 3.05) is 0 Å². The third kappa shape index (κ3) is 3.02. The van der Waals surface area contributed by atoms with Crippen molar-refractivity contribution < 1.29 is 15.3 Å². The molecule has 1 aliphatic carbocycles. The van der Waals surface area contributed by atoms with Gasteiger partial charge in [0.05, 0.1) is 17.4 Å². The van der Waals surface area contributed by atoms with Gasteiger partial charge in [0.25, 0.3) is 0 Å². The third-order valence-electron chi connectivity index (χ3n) is 5.04. The quantitative estimate of drug-likeness (QED) is 0.519. The van der Waals surface area contributed by atoms with Crippen molar-refractivity contribution in [3.05, 3.63) is 51.8 Å². The van der Waals surface area contributed by atoms with Crippen molar-refractivity contribution in [1.29, 1.82) is 0 Å². The Balaban J connectivity index is 1.88. The molecule has 0 aliphatic heterocycles. The number of nitrogens with one attached hydrogen (secondary N) is 1. The zero-order valence-electron chi connectivity index (χ0n) is 15.1. The highest BCUT2D eigenvalue weighted by molar-refractivity contribution is 7.71. The molecule has 4 N–H and O–H groups in total. The summed E-state index contributed by atoms with van der Waals surface area (Å²) in [4.78, 5) is 0. The molecule has 140 valence electrons. The van der Waals surface area contributed by atoms with Gasteiger partial charge in [0.2, 0.25) is 0 Å². The van der Waals surface area contributed by atoms with Crippen molar-refractivity contribution in [2.45, 2.75) is 38.7 Å². The van der Waals surface area contributed by atoms with Crippen LogP contribution in [0.5, 0.6) is 11.5 Å². The molecule has 0 amide bonds. The summed E-state index contributed by atoms with van der Waals surface area (Å²) < 4.78 is 2.17. The monoisotopic (exact) mass is 383 g/mol. The smallest absolute Gasteiger partial charge is 0.200 e. The summed E-state index contributed by atoms with van der Waals surface area (Å²) in [6, 6.07) is 9.02. The number of fused-ring (bicyclic) bond motifs is 1. The Kier molecular flexibility index (Phi) is 4.28. The number of rotatable bonds is 3. The van der Waals surface area contributed by atoms with E-state index in [0.717, 1.165) is 22.4 Å². The molecule has 1 aromatic heterocycles. The summed E-state index contributed by atoms with van der Waals surface area (Å²) in [5.74, 6) is 0.543. The van der Waals surface area contributed by atoms with E-state index in [1.807, 2.05) is 32.0 Å². The van der Waals surface area contributed by atoms with Gasteiger partial charge >= 0.3 is 0 Å². The Bertz CT molecular complexity index is 1080. The normalized spacial score (nSPS) is 16.1. The highest BCUT2D eigenvalue weighted by Crippen LogP contribution is 2.38. The molecule has 2 aromatic carbocycles. The summed E-state index contributed by atoms with van der Waals surface area (Å²) in [7, 11) is 0. The average Bonchev–Trinajstić information content (AvgIpc) is 3.15. The number of benzene rings is 2. The van der Waals surface area contributed by atoms with Gasteiger partial charge in [0.1, 0.15) is 11.5 Å². The van der Waals surface area contributed by atoms with Crippen molar-refractivity contribution in [3.8, 4) is 28.6 Å². The predicted molar refractivity (Wildman–Crippen MR) is 105 cm³/mol. The van der Waals surface area contributed by atoms with Crippen molar-refractivity contribution >= 4 is 12.2 Å². The van der Waals surface area contributed by atoms with Gasteiger partial charge in [-0.25, -0.2) is 0 Å². The number of aromatic amines is 1.